The van der Waals surface area contributed by atoms with Crippen LogP contribution in [0.5, 0.6) is 0 Å². The van der Waals surface area contributed by atoms with Crippen molar-refractivity contribution in [2.75, 3.05) is 7.11 Å². The Morgan fingerprint density at radius 3 is 2.56 bits per heavy atom. The molecule has 3 heteroatoms. The second kappa shape index (κ2) is 6.02. The summed E-state index contributed by atoms with van der Waals surface area (Å²) >= 11 is 0. The summed E-state index contributed by atoms with van der Waals surface area (Å²) in [4.78, 5) is 23.6. The Labute approximate surface area is 97.5 Å². The molecule has 0 amide bonds. The van der Waals surface area contributed by atoms with E-state index in [4.69, 9.17) is 0 Å². The first kappa shape index (κ1) is 13.2. The highest BCUT2D eigenvalue weighted by molar-refractivity contribution is 6.00. The first-order chi connectivity index (χ1) is 7.60. The predicted molar refractivity (Wildman–Crippen MR) is 61.9 cm³/mol. The van der Waals surface area contributed by atoms with Crippen molar-refractivity contribution in [1.82, 2.24) is 0 Å². The van der Waals surface area contributed by atoms with Crippen LogP contribution in [0.15, 0.2) is 0 Å². The topological polar surface area (TPSA) is 43.4 Å². The van der Waals surface area contributed by atoms with Crippen LogP contribution in [0.4, 0.5) is 0 Å². The monoisotopic (exact) mass is 226 g/mol. The van der Waals surface area contributed by atoms with Crippen molar-refractivity contribution in [2.24, 2.45) is 17.8 Å². The molecule has 0 aromatic carbocycles. The smallest absolute Gasteiger partial charge is 0.316 e. The van der Waals surface area contributed by atoms with Gasteiger partial charge in [0, 0.05) is 5.92 Å². The zero-order valence-electron chi connectivity index (χ0n) is 10.5. The molecule has 0 spiro atoms. The lowest BCUT2D eigenvalue weighted by Gasteiger charge is -2.27. The Kier molecular flexibility index (Phi) is 4.97. The van der Waals surface area contributed by atoms with Crippen molar-refractivity contribution in [3.05, 3.63) is 0 Å². The van der Waals surface area contributed by atoms with Gasteiger partial charge >= 0.3 is 5.97 Å². The SMILES string of the molecule is CCC(C(=O)OC)C(=O)C1CCCC(C)C1. The Morgan fingerprint density at radius 1 is 1.38 bits per heavy atom. The van der Waals surface area contributed by atoms with Gasteiger partial charge in [-0.05, 0) is 25.2 Å². The molecule has 0 radical (unpaired) electrons. The molecule has 1 rings (SSSR count). The van der Waals surface area contributed by atoms with E-state index in [1.54, 1.807) is 0 Å². The number of ether oxygens (including phenoxy) is 1. The lowest BCUT2D eigenvalue weighted by atomic mass is 9.77. The lowest BCUT2D eigenvalue weighted by Crippen LogP contribution is -2.32. The molecule has 16 heavy (non-hydrogen) atoms. The van der Waals surface area contributed by atoms with Crippen LogP contribution >= 0.6 is 0 Å². The fourth-order valence-corrected chi connectivity index (χ4v) is 2.60. The van der Waals surface area contributed by atoms with Gasteiger partial charge in [-0.1, -0.05) is 26.7 Å². The highest BCUT2D eigenvalue weighted by atomic mass is 16.5. The van der Waals surface area contributed by atoms with Crippen LogP contribution in [0, 0.1) is 17.8 Å². The minimum Gasteiger partial charge on any atom is -0.468 e. The van der Waals surface area contributed by atoms with Gasteiger partial charge in [-0.15, -0.1) is 0 Å². The summed E-state index contributed by atoms with van der Waals surface area (Å²) in [5.41, 5.74) is 0. The van der Waals surface area contributed by atoms with Gasteiger partial charge in [-0.2, -0.15) is 0 Å². The number of carbonyl (C=O) groups is 2. The number of rotatable bonds is 4. The van der Waals surface area contributed by atoms with E-state index in [1.165, 1.54) is 13.5 Å². The number of Topliss-reactive ketones (excluding diaryl/α,β-unsaturated/α-hetero) is 1. The second-order valence-corrected chi connectivity index (χ2v) is 4.86. The fourth-order valence-electron chi connectivity index (χ4n) is 2.60. The summed E-state index contributed by atoms with van der Waals surface area (Å²) in [6.45, 7) is 4.05. The number of carbonyl (C=O) groups excluding carboxylic acids is 2. The molecule has 0 bridgehead atoms. The molecular formula is C13H22O3. The van der Waals surface area contributed by atoms with Gasteiger partial charge < -0.3 is 4.74 Å². The molecule has 0 aliphatic heterocycles. The van der Waals surface area contributed by atoms with E-state index in [-0.39, 0.29) is 17.7 Å². The molecule has 3 atom stereocenters. The van der Waals surface area contributed by atoms with E-state index in [9.17, 15) is 9.59 Å². The van der Waals surface area contributed by atoms with Crippen LogP contribution < -0.4 is 0 Å². The van der Waals surface area contributed by atoms with Gasteiger partial charge in [-0.3, -0.25) is 9.59 Å². The quantitative estimate of drug-likeness (QED) is 0.546. The first-order valence-corrected chi connectivity index (χ1v) is 6.21. The number of hydrogen-bond donors (Lipinski definition) is 0. The molecule has 0 aromatic heterocycles. The van der Waals surface area contributed by atoms with Crippen molar-refractivity contribution in [3.63, 3.8) is 0 Å². The van der Waals surface area contributed by atoms with Crippen LogP contribution in [0.25, 0.3) is 0 Å². The summed E-state index contributed by atoms with van der Waals surface area (Å²) in [7, 11) is 1.35. The molecule has 1 aliphatic rings. The van der Waals surface area contributed by atoms with Gasteiger partial charge in [0.15, 0.2) is 0 Å². The van der Waals surface area contributed by atoms with E-state index in [1.807, 2.05) is 6.92 Å². The number of ketones is 1. The van der Waals surface area contributed by atoms with Gasteiger partial charge in [0.2, 0.25) is 0 Å². The van der Waals surface area contributed by atoms with Gasteiger partial charge in [0.05, 0.1) is 7.11 Å². The van der Waals surface area contributed by atoms with Gasteiger partial charge in [0.1, 0.15) is 11.7 Å². The lowest BCUT2D eigenvalue weighted by molar-refractivity contribution is -0.151. The predicted octanol–water partition coefficient (Wildman–Crippen LogP) is 2.58. The van der Waals surface area contributed by atoms with Crippen molar-refractivity contribution >= 4 is 11.8 Å². The summed E-state index contributed by atoms with van der Waals surface area (Å²) in [5.74, 6) is -0.127. The fraction of sp³-hybridized carbons (Fsp3) is 0.846. The van der Waals surface area contributed by atoms with Crippen LogP contribution in [-0.4, -0.2) is 18.9 Å². The zero-order chi connectivity index (χ0) is 12.1. The molecule has 3 nitrogen and oxygen atoms in total. The molecule has 92 valence electrons. The maximum absolute atomic E-state index is 12.2. The molecule has 0 saturated heterocycles. The Bertz CT molecular complexity index is 260. The highest BCUT2D eigenvalue weighted by Crippen LogP contribution is 2.31. The van der Waals surface area contributed by atoms with E-state index < -0.39 is 5.92 Å². The minimum absolute atomic E-state index is 0.0767. The largest absolute Gasteiger partial charge is 0.468 e. The molecule has 3 unspecified atom stereocenters. The molecule has 1 fully saturated rings. The van der Waals surface area contributed by atoms with Crippen LogP contribution in [0.1, 0.15) is 46.0 Å². The maximum atomic E-state index is 12.2. The highest BCUT2D eigenvalue weighted by Gasteiger charge is 2.33. The summed E-state index contributed by atoms with van der Waals surface area (Å²) in [5, 5.41) is 0. The van der Waals surface area contributed by atoms with Crippen molar-refractivity contribution < 1.29 is 14.3 Å². The summed E-state index contributed by atoms with van der Waals surface area (Å²) in [6.07, 6.45) is 4.74. The maximum Gasteiger partial charge on any atom is 0.316 e. The van der Waals surface area contributed by atoms with Crippen molar-refractivity contribution in [3.8, 4) is 0 Å². The van der Waals surface area contributed by atoms with Crippen LogP contribution in [0.3, 0.4) is 0 Å². The standard InChI is InChI=1S/C13H22O3/c1-4-11(13(15)16-3)12(14)10-7-5-6-9(2)8-10/h9-11H,4-8H2,1-3H3. The summed E-state index contributed by atoms with van der Waals surface area (Å²) in [6, 6.07) is 0. The van der Waals surface area contributed by atoms with E-state index >= 15 is 0 Å². The Balaban J connectivity index is 2.63. The third kappa shape index (κ3) is 3.06. The first-order valence-electron chi connectivity index (χ1n) is 6.21. The molecule has 0 heterocycles. The number of hydrogen-bond acceptors (Lipinski definition) is 3. The normalized spacial score (nSPS) is 27.2. The number of esters is 1. The average Bonchev–Trinajstić information content (AvgIpc) is 2.29. The second-order valence-electron chi connectivity index (χ2n) is 4.86. The Morgan fingerprint density at radius 2 is 2.06 bits per heavy atom. The molecule has 0 N–H and O–H groups in total. The van der Waals surface area contributed by atoms with Crippen LogP contribution in [-0.2, 0) is 14.3 Å². The van der Waals surface area contributed by atoms with E-state index in [2.05, 4.69) is 11.7 Å². The zero-order valence-corrected chi connectivity index (χ0v) is 10.5. The van der Waals surface area contributed by atoms with E-state index in [0.717, 1.165) is 19.3 Å². The number of methoxy groups -OCH3 is 1. The minimum atomic E-state index is -0.541. The van der Waals surface area contributed by atoms with E-state index in [0.29, 0.717) is 12.3 Å². The molecule has 1 saturated carbocycles. The van der Waals surface area contributed by atoms with Crippen molar-refractivity contribution in [1.29, 1.82) is 0 Å². The van der Waals surface area contributed by atoms with Crippen LogP contribution in [0.2, 0.25) is 0 Å². The van der Waals surface area contributed by atoms with Crippen molar-refractivity contribution in [2.45, 2.75) is 46.0 Å². The van der Waals surface area contributed by atoms with Gasteiger partial charge in [0.25, 0.3) is 0 Å². The third-order valence-corrected chi connectivity index (χ3v) is 3.58. The average molecular weight is 226 g/mol. The molecule has 1 aliphatic carbocycles. The molecule has 0 aromatic rings. The Hall–Kier alpha value is -0.860. The van der Waals surface area contributed by atoms with Gasteiger partial charge in [-0.25, -0.2) is 0 Å². The molecular weight excluding hydrogens is 204 g/mol. The summed E-state index contributed by atoms with van der Waals surface area (Å²) < 4.78 is 4.68. The third-order valence-electron chi connectivity index (χ3n) is 3.58.